The van der Waals surface area contributed by atoms with Crippen molar-refractivity contribution in [3.05, 3.63) is 29.8 Å². The van der Waals surface area contributed by atoms with Crippen LogP contribution in [-0.4, -0.2) is 30.4 Å². The van der Waals surface area contributed by atoms with Gasteiger partial charge in [0.2, 0.25) is 0 Å². The van der Waals surface area contributed by atoms with Crippen molar-refractivity contribution in [2.45, 2.75) is 18.9 Å². The van der Waals surface area contributed by atoms with E-state index in [9.17, 15) is 4.79 Å². The summed E-state index contributed by atoms with van der Waals surface area (Å²) in [7, 11) is 0. The molecule has 0 aliphatic carbocycles. The van der Waals surface area contributed by atoms with E-state index < -0.39 is 11.9 Å². The maximum Gasteiger partial charge on any atom is 0.310 e. The third-order valence-electron chi connectivity index (χ3n) is 2.59. The highest BCUT2D eigenvalue weighted by Gasteiger charge is 2.23. The summed E-state index contributed by atoms with van der Waals surface area (Å²) in [6.45, 7) is 3.00. The van der Waals surface area contributed by atoms with Crippen LogP contribution < -0.4 is 4.74 Å². The Hall–Kier alpha value is -1.55. The first-order valence-electron chi connectivity index (χ1n) is 5.24. The molecule has 0 spiro atoms. The highest BCUT2D eigenvalue weighted by Crippen LogP contribution is 2.20. The molecule has 0 radical (unpaired) electrons. The largest absolute Gasteiger partial charge is 0.491 e. The number of carboxylic acid groups (broad SMARTS) is 1. The van der Waals surface area contributed by atoms with Crippen molar-refractivity contribution in [2.24, 2.45) is 0 Å². The van der Waals surface area contributed by atoms with Crippen LogP contribution in [-0.2, 0) is 9.53 Å². The molecule has 86 valence electrons. The zero-order valence-electron chi connectivity index (χ0n) is 9.05. The highest BCUT2D eigenvalue weighted by molar-refractivity contribution is 5.75. The van der Waals surface area contributed by atoms with Gasteiger partial charge < -0.3 is 14.6 Å². The minimum Gasteiger partial charge on any atom is -0.491 e. The first-order valence-corrected chi connectivity index (χ1v) is 5.24. The van der Waals surface area contributed by atoms with Gasteiger partial charge in [-0.15, -0.1) is 0 Å². The fourth-order valence-electron chi connectivity index (χ4n) is 1.35. The molecule has 1 aromatic carbocycles. The van der Waals surface area contributed by atoms with E-state index in [-0.39, 0.29) is 6.10 Å². The average molecular weight is 222 g/mol. The summed E-state index contributed by atoms with van der Waals surface area (Å²) in [5, 5.41) is 8.84. The number of benzene rings is 1. The number of ether oxygens (including phenoxy) is 2. The Bertz CT molecular complexity index is 367. The van der Waals surface area contributed by atoms with E-state index in [1.165, 1.54) is 0 Å². The van der Waals surface area contributed by atoms with E-state index >= 15 is 0 Å². The van der Waals surface area contributed by atoms with Crippen molar-refractivity contribution in [1.29, 1.82) is 0 Å². The van der Waals surface area contributed by atoms with Gasteiger partial charge in [0.1, 0.15) is 18.5 Å². The van der Waals surface area contributed by atoms with Gasteiger partial charge in [-0.25, -0.2) is 0 Å². The van der Waals surface area contributed by atoms with Crippen LogP contribution in [0.4, 0.5) is 0 Å². The van der Waals surface area contributed by atoms with E-state index in [1.54, 1.807) is 31.2 Å². The molecule has 1 fully saturated rings. The summed E-state index contributed by atoms with van der Waals surface area (Å²) in [6, 6.07) is 7.14. The van der Waals surface area contributed by atoms with E-state index in [0.29, 0.717) is 6.61 Å². The summed E-state index contributed by atoms with van der Waals surface area (Å²) in [4.78, 5) is 10.8. The summed E-state index contributed by atoms with van der Waals surface area (Å²) >= 11 is 0. The van der Waals surface area contributed by atoms with Crippen LogP contribution in [0.5, 0.6) is 5.75 Å². The molecule has 0 bridgehead atoms. The molecule has 1 saturated heterocycles. The van der Waals surface area contributed by atoms with Crippen LogP contribution in [0.25, 0.3) is 0 Å². The molecule has 0 aromatic heterocycles. The smallest absolute Gasteiger partial charge is 0.310 e. The number of hydrogen-bond acceptors (Lipinski definition) is 3. The van der Waals surface area contributed by atoms with E-state index in [4.69, 9.17) is 14.6 Å². The van der Waals surface area contributed by atoms with E-state index in [0.717, 1.165) is 17.9 Å². The van der Waals surface area contributed by atoms with Gasteiger partial charge in [-0.3, -0.25) is 4.79 Å². The zero-order valence-corrected chi connectivity index (χ0v) is 9.05. The molecule has 1 aliphatic rings. The number of epoxide rings is 1. The van der Waals surface area contributed by atoms with Crippen molar-refractivity contribution < 1.29 is 19.4 Å². The van der Waals surface area contributed by atoms with Crippen LogP contribution in [0.15, 0.2) is 24.3 Å². The minimum atomic E-state index is -0.819. The molecule has 0 saturated carbocycles. The summed E-state index contributed by atoms with van der Waals surface area (Å²) in [6.07, 6.45) is 0.234. The quantitative estimate of drug-likeness (QED) is 0.769. The van der Waals surface area contributed by atoms with Crippen LogP contribution >= 0.6 is 0 Å². The second kappa shape index (κ2) is 4.53. The van der Waals surface area contributed by atoms with Crippen LogP contribution in [0.2, 0.25) is 0 Å². The topological polar surface area (TPSA) is 59.1 Å². The van der Waals surface area contributed by atoms with Crippen molar-refractivity contribution in [1.82, 2.24) is 0 Å². The van der Waals surface area contributed by atoms with Gasteiger partial charge in [0.15, 0.2) is 0 Å². The van der Waals surface area contributed by atoms with Crippen molar-refractivity contribution in [3.8, 4) is 5.75 Å². The van der Waals surface area contributed by atoms with Gasteiger partial charge in [0, 0.05) is 0 Å². The molecular formula is C12H14O4. The Morgan fingerprint density at radius 1 is 1.56 bits per heavy atom. The Balaban J connectivity index is 1.94. The fraction of sp³-hybridized carbons (Fsp3) is 0.417. The van der Waals surface area contributed by atoms with Crippen molar-refractivity contribution in [2.75, 3.05) is 13.2 Å². The number of carbonyl (C=O) groups is 1. The summed E-state index contributed by atoms with van der Waals surface area (Å²) in [5.41, 5.74) is 0.780. The molecular weight excluding hydrogens is 208 g/mol. The first-order chi connectivity index (χ1) is 7.66. The predicted molar refractivity (Wildman–Crippen MR) is 57.7 cm³/mol. The molecule has 4 heteroatoms. The lowest BCUT2D eigenvalue weighted by atomic mass is 10.0. The lowest BCUT2D eigenvalue weighted by Crippen LogP contribution is -2.07. The van der Waals surface area contributed by atoms with E-state index in [1.807, 2.05) is 0 Å². The third-order valence-corrected chi connectivity index (χ3v) is 2.59. The number of hydrogen-bond donors (Lipinski definition) is 1. The van der Waals surface area contributed by atoms with Crippen LogP contribution in [0.1, 0.15) is 18.4 Å². The Morgan fingerprint density at radius 3 is 2.69 bits per heavy atom. The number of rotatable bonds is 5. The van der Waals surface area contributed by atoms with Gasteiger partial charge in [-0.1, -0.05) is 12.1 Å². The number of carboxylic acids is 1. The predicted octanol–water partition coefficient (Wildman–Crippen LogP) is 1.65. The SMILES string of the molecule is C[C@@H](C(=O)O)c1ccc(OC[C@@H]2CO2)cc1. The first kappa shape index (κ1) is 11.0. The minimum absolute atomic E-state index is 0.234. The van der Waals surface area contributed by atoms with Gasteiger partial charge in [0.25, 0.3) is 0 Å². The fourth-order valence-corrected chi connectivity index (χ4v) is 1.35. The molecule has 16 heavy (non-hydrogen) atoms. The Labute approximate surface area is 93.8 Å². The van der Waals surface area contributed by atoms with Gasteiger partial charge >= 0.3 is 5.97 Å². The summed E-state index contributed by atoms with van der Waals surface area (Å²) < 4.78 is 10.5. The molecule has 0 amide bonds. The molecule has 1 aromatic rings. The molecule has 2 atom stereocenters. The number of aliphatic carboxylic acids is 1. The summed E-state index contributed by atoms with van der Waals surface area (Å²) in [5.74, 6) is -0.558. The molecule has 2 rings (SSSR count). The molecule has 1 heterocycles. The molecule has 1 aliphatic heterocycles. The van der Waals surface area contributed by atoms with Crippen molar-refractivity contribution in [3.63, 3.8) is 0 Å². The second-order valence-electron chi connectivity index (χ2n) is 3.90. The molecule has 4 nitrogen and oxygen atoms in total. The second-order valence-corrected chi connectivity index (χ2v) is 3.90. The monoisotopic (exact) mass is 222 g/mol. The van der Waals surface area contributed by atoms with Crippen molar-refractivity contribution >= 4 is 5.97 Å². The van der Waals surface area contributed by atoms with E-state index in [2.05, 4.69) is 0 Å². The normalized spacial score (nSPS) is 20.2. The van der Waals surface area contributed by atoms with Gasteiger partial charge in [-0.2, -0.15) is 0 Å². The Kier molecular flexibility index (Phi) is 3.10. The molecule has 0 unspecified atom stereocenters. The Morgan fingerprint density at radius 2 is 2.19 bits per heavy atom. The van der Waals surface area contributed by atoms with Gasteiger partial charge in [-0.05, 0) is 24.6 Å². The van der Waals surface area contributed by atoms with Crippen LogP contribution in [0, 0.1) is 0 Å². The maximum absolute atomic E-state index is 10.8. The van der Waals surface area contributed by atoms with Gasteiger partial charge in [0.05, 0.1) is 12.5 Å². The standard InChI is InChI=1S/C12H14O4/c1-8(12(13)14)9-2-4-10(5-3-9)15-6-11-7-16-11/h2-5,8,11H,6-7H2,1H3,(H,13,14)/t8-,11-/m1/s1. The lowest BCUT2D eigenvalue weighted by molar-refractivity contribution is -0.138. The zero-order chi connectivity index (χ0) is 11.5. The average Bonchev–Trinajstić information content (AvgIpc) is 3.10. The van der Waals surface area contributed by atoms with Crippen LogP contribution in [0.3, 0.4) is 0 Å². The molecule has 1 N–H and O–H groups in total. The lowest BCUT2D eigenvalue weighted by Gasteiger charge is -2.08. The third kappa shape index (κ3) is 2.73. The highest BCUT2D eigenvalue weighted by atomic mass is 16.6. The maximum atomic E-state index is 10.8.